The summed E-state index contributed by atoms with van der Waals surface area (Å²) in [5.74, 6) is -2.60. The van der Waals surface area contributed by atoms with Gasteiger partial charge < -0.3 is 24.3 Å². The number of carbonyl (C=O) groups is 2. The Hall–Kier alpha value is -4.58. The Morgan fingerprint density at radius 2 is 1.29 bits per heavy atom. The molecule has 0 amide bonds. The van der Waals surface area contributed by atoms with Crippen LogP contribution in [0.15, 0.2) is 107 Å². The molecule has 3 aromatic rings. The van der Waals surface area contributed by atoms with Crippen molar-refractivity contribution in [1.82, 2.24) is 15.1 Å². The lowest BCUT2D eigenvalue weighted by Gasteiger charge is -2.39. The fourth-order valence-corrected chi connectivity index (χ4v) is 6.54. The van der Waals surface area contributed by atoms with Gasteiger partial charge in [-0.15, -0.1) is 0 Å². The van der Waals surface area contributed by atoms with Gasteiger partial charge in [0.05, 0.1) is 29.7 Å². The number of rotatable bonds is 14. The maximum Gasteiger partial charge on any atom is 0.387 e. The van der Waals surface area contributed by atoms with Crippen LogP contribution in [0.4, 0.5) is 8.78 Å². The summed E-state index contributed by atoms with van der Waals surface area (Å²) in [5, 5.41) is 3.10. The highest BCUT2D eigenvalue weighted by Crippen LogP contribution is 2.43. The monoisotopic (exact) mass is 675 g/mol. The van der Waals surface area contributed by atoms with Gasteiger partial charge in [0.15, 0.2) is 0 Å². The van der Waals surface area contributed by atoms with E-state index in [-0.39, 0.29) is 48.3 Å². The number of para-hydroxylation sites is 1. The Morgan fingerprint density at radius 3 is 1.84 bits per heavy atom. The van der Waals surface area contributed by atoms with Gasteiger partial charge in [-0.05, 0) is 31.0 Å². The molecule has 1 N–H and O–H groups in total. The van der Waals surface area contributed by atoms with Crippen molar-refractivity contribution in [2.45, 2.75) is 32.4 Å². The maximum atomic E-state index is 13.8. The second-order valence-electron chi connectivity index (χ2n) is 11.9. The molecule has 0 bridgehead atoms. The molecule has 2 aliphatic rings. The van der Waals surface area contributed by atoms with Crippen LogP contribution in [0.5, 0.6) is 5.75 Å². The van der Waals surface area contributed by atoms with Gasteiger partial charge in [0, 0.05) is 56.8 Å². The molecule has 260 valence electrons. The first-order valence-corrected chi connectivity index (χ1v) is 16.4. The smallest absolute Gasteiger partial charge is 0.387 e. The minimum atomic E-state index is -3.11. The highest BCUT2D eigenvalue weighted by atomic mass is 19.3. The largest absolute Gasteiger partial charge is 0.461 e. The number of nitrogens with one attached hydrogen (secondary N) is 1. The van der Waals surface area contributed by atoms with Crippen molar-refractivity contribution in [3.63, 3.8) is 0 Å². The molecule has 0 spiro atoms. The van der Waals surface area contributed by atoms with Gasteiger partial charge in [-0.25, -0.2) is 9.59 Å². The average Bonchev–Trinajstić information content (AvgIpc) is 3.10. The number of ether oxygens (including phenoxy) is 4. The minimum Gasteiger partial charge on any atom is -0.461 e. The van der Waals surface area contributed by atoms with E-state index in [1.165, 1.54) is 24.3 Å². The van der Waals surface area contributed by atoms with Gasteiger partial charge in [-0.3, -0.25) is 9.80 Å². The van der Waals surface area contributed by atoms with Crippen LogP contribution in [0.3, 0.4) is 0 Å². The Labute approximate surface area is 286 Å². The summed E-state index contributed by atoms with van der Waals surface area (Å²) >= 11 is 0. The second kappa shape index (κ2) is 17.2. The van der Waals surface area contributed by atoms with Crippen LogP contribution in [0, 0.1) is 0 Å². The highest BCUT2D eigenvalue weighted by Gasteiger charge is 2.40. The van der Waals surface area contributed by atoms with E-state index < -0.39 is 24.5 Å². The van der Waals surface area contributed by atoms with Gasteiger partial charge in [0.25, 0.3) is 0 Å². The van der Waals surface area contributed by atoms with Crippen LogP contribution in [-0.4, -0.2) is 88.0 Å². The molecule has 1 saturated heterocycles. The highest BCUT2D eigenvalue weighted by molar-refractivity contribution is 6.00. The van der Waals surface area contributed by atoms with Gasteiger partial charge in [-0.1, -0.05) is 78.9 Å². The predicted octanol–water partition coefficient (Wildman–Crippen LogP) is 5.66. The molecule has 0 aromatic heterocycles. The number of nitrogens with zero attached hydrogens (tertiary/aromatic N) is 2. The number of piperazine rings is 1. The third kappa shape index (κ3) is 8.91. The van der Waals surface area contributed by atoms with E-state index in [1.54, 1.807) is 32.0 Å². The fourth-order valence-electron chi connectivity index (χ4n) is 6.54. The summed E-state index contributed by atoms with van der Waals surface area (Å²) < 4.78 is 48.0. The second-order valence-corrected chi connectivity index (χ2v) is 11.9. The predicted molar refractivity (Wildman–Crippen MR) is 181 cm³/mol. The average molecular weight is 676 g/mol. The quantitative estimate of drug-likeness (QED) is 0.172. The Balaban J connectivity index is 1.28. The van der Waals surface area contributed by atoms with Crippen molar-refractivity contribution in [3.05, 3.63) is 124 Å². The summed E-state index contributed by atoms with van der Waals surface area (Å²) in [5.41, 5.74) is 3.78. The zero-order valence-corrected chi connectivity index (χ0v) is 28.1. The molecule has 1 fully saturated rings. The van der Waals surface area contributed by atoms with Crippen LogP contribution in [0.25, 0.3) is 0 Å². The van der Waals surface area contributed by atoms with E-state index in [0.717, 1.165) is 26.2 Å². The number of dihydropyridines is 1. The molecule has 9 nitrogen and oxygen atoms in total. The lowest BCUT2D eigenvalue weighted by molar-refractivity contribution is -0.141. The van der Waals surface area contributed by atoms with E-state index in [1.807, 2.05) is 12.1 Å². The normalized spacial score (nSPS) is 17.3. The van der Waals surface area contributed by atoms with Crippen LogP contribution in [0.1, 0.15) is 42.5 Å². The Bertz CT molecular complexity index is 1590. The van der Waals surface area contributed by atoms with Crippen molar-refractivity contribution in [2.24, 2.45) is 0 Å². The van der Waals surface area contributed by atoms with Crippen LogP contribution >= 0.6 is 0 Å². The number of esters is 2. The Morgan fingerprint density at radius 1 is 0.755 bits per heavy atom. The lowest BCUT2D eigenvalue weighted by atomic mass is 9.80. The lowest BCUT2D eigenvalue weighted by Crippen LogP contribution is -2.48. The zero-order chi connectivity index (χ0) is 34.8. The minimum absolute atomic E-state index is 0.0266. The standard InChI is InChI=1S/C38H43F2N3O6/c1-26-32(34(30-16-10-11-17-31(30)49-38(39)40)33(27(2)41-26)37(45)48-25-24-46-3)36(44)47-23-22-42-18-20-43(21-19-42)35(28-12-6-4-7-13-28)29-14-8-5-9-15-29/h4-17,34-35,38,41H,18-25H2,1-3H3. The topological polar surface area (TPSA) is 89.6 Å². The van der Waals surface area contributed by atoms with Gasteiger partial charge in [-0.2, -0.15) is 8.78 Å². The maximum absolute atomic E-state index is 13.8. The number of hydrogen-bond acceptors (Lipinski definition) is 9. The zero-order valence-electron chi connectivity index (χ0n) is 28.1. The molecule has 49 heavy (non-hydrogen) atoms. The van der Waals surface area contributed by atoms with Crippen LogP contribution in [-0.2, 0) is 23.8 Å². The SMILES string of the molecule is COCCOC(=O)C1=C(C)NC(C)=C(C(=O)OCCN2CCN(C(c3ccccc3)c3ccccc3)CC2)C1c1ccccc1OC(F)F. The first kappa shape index (κ1) is 35.7. The third-order valence-electron chi connectivity index (χ3n) is 8.81. The van der Waals surface area contributed by atoms with Crippen LogP contribution < -0.4 is 10.1 Å². The molecule has 1 atom stereocenters. The van der Waals surface area contributed by atoms with Crippen molar-refractivity contribution >= 4 is 11.9 Å². The summed E-state index contributed by atoms with van der Waals surface area (Å²) in [7, 11) is 1.48. The van der Waals surface area contributed by atoms with E-state index >= 15 is 0 Å². The van der Waals surface area contributed by atoms with Gasteiger partial charge in [0.1, 0.15) is 19.0 Å². The molecule has 2 heterocycles. The number of hydrogen-bond donors (Lipinski definition) is 1. The molecular formula is C38H43F2N3O6. The van der Waals surface area contributed by atoms with Crippen molar-refractivity contribution in [3.8, 4) is 5.75 Å². The molecule has 5 rings (SSSR count). The number of benzene rings is 3. The number of halogens is 2. The van der Waals surface area contributed by atoms with E-state index in [9.17, 15) is 18.4 Å². The number of carbonyl (C=O) groups excluding carboxylic acids is 2. The van der Waals surface area contributed by atoms with Crippen molar-refractivity contribution < 1.29 is 37.3 Å². The number of allylic oxidation sites excluding steroid dienone is 2. The molecule has 0 saturated carbocycles. The van der Waals surface area contributed by atoms with E-state index in [2.05, 4.69) is 63.6 Å². The molecule has 0 aliphatic carbocycles. The molecule has 2 aliphatic heterocycles. The summed E-state index contributed by atoms with van der Waals surface area (Å²) in [6.45, 7) is 4.24. The fraction of sp³-hybridized carbons (Fsp3) is 0.368. The van der Waals surface area contributed by atoms with E-state index in [4.69, 9.17) is 18.9 Å². The molecule has 3 aromatic carbocycles. The van der Waals surface area contributed by atoms with Crippen molar-refractivity contribution in [1.29, 1.82) is 0 Å². The van der Waals surface area contributed by atoms with Gasteiger partial charge >= 0.3 is 18.6 Å². The van der Waals surface area contributed by atoms with Gasteiger partial charge in [0.2, 0.25) is 0 Å². The molecular weight excluding hydrogens is 632 g/mol. The molecule has 11 heteroatoms. The summed E-state index contributed by atoms with van der Waals surface area (Å²) in [4.78, 5) is 32.0. The Kier molecular flexibility index (Phi) is 12.5. The number of alkyl halides is 2. The molecule has 1 unspecified atom stereocenters. The van der Waals surface area contributed by atoms with Crippen molar-refractivity contribution in [2.75, 3.05) is 59.7 Å². The van der Waals surface area contributed by atoms with E-state index in [0.29, 0.717) is 17.9 Å². The molecule has 0 radical (unpaired) electrons. The number of methoxy groups -OCH3 is 1. The summed E-state index contributed by atoms with van der Waals surface area (Å²) in [6, 6.07) is 27.2. The van der Waals surface area contributed by atoms with Crippen LogP contribution in [0.2, 0.25) is 0 Å². The summed E-state index contributed by atoms with van der Waals surface area (Å²) in [6.07, 6.45) is 0. The third-order valence-corrected chi connectivity index (χ3v) is 8.81. The first-order chi connectivity index (χ1) is 23.8. The first-order valence-electron chi connectivity index (χ1n) is 16.4.